The van der Waals surface area contributed by atoms with Crippen LogP contribution in [0.3, 0.4) is 0 Å². The van der Waals surface area contributed by atoms with Crippen molar-refractivity contribution in [1.82, 2.24) is 19.7 Å². The van der Waals surface area contributed by atoms with Gasteiger partial charge in [-0.15, -0.1) is 0 Å². The van der Waals surface area contributed by atoms with Crippen LogP contribution in [0.15, 0.2) is 48.8 Å². The van der Waals surface area contributed by atoms with Crippen molar-refractivity contribution in [1.29, 1.82) is 5.26 Å². The zero-order chi connectivity index (χ0) is 30.5. The maximum Gasteiger partial charge on any atom is 0.459 e. The molecule has 0 spiro atoms. The molecule has 1 saturated heterocycles. The number of aliphatic hydroxyl groups is 2. The van der Waals surface area contributed by atoms with Crippen molar-refractivity contribution in [3.63, 3.8) is 0 Å². The summed E-state index contributed by atoms with van der Waals surface area (Å²) in [6.45, 7) is 5.08. The fraction of sp³-hybridized carbons (Fsp3) is 0.481. The molecule has 4 rings (SSSR count). The summed E-state index contributed by atoms with van der Waals surface area (Å²) in [4.78, 5) is 16.6. The van der Waals surface area contributed by atoms with Crippen LogP contribution in [0.4, 0.5) is 5.82 Å². The van der Waals surface area contributed by atoms with Gasteiger partial charge in [0, 0.05) is 0 Å². The lowest BCUT2D eigenvalue weighted by molar-refractivity contribution is -0.146. The van der Waals surface area contributed by atoms with Crippen LogP contribution >= 0.6 is 7.75 Å². The third-order valence-corrected chi connectivity index (χ3v) is 8.83. The lowest BCUT2D eigenvalue weighted by Crippen LogP contribution is -2.41. The van der Waals surface area contributed by atoms with Gasteiger partial charge in [-0.1, -0.05) is 44.9 Å². The van der Waals surface area contributed by atoms with Crippen molar-refractivity contribution in [2.75, 3.05) is 18.9 Å². The minimum absolute atomic E-state index is 0.0961. The molecule has 1 aromatic carbocycles. The molecule has 1 aliphatic rings. The van der Waals surface area contributed by atoms with E-state index < -0.39 is 50.3 Å². The molecule has 1 fully saturated rings. The average molecular weight is 603 g/mol. The van der Waals surface area contributed by atoms with E-state index >= 15 is 0 Å². The standard InChI is InChI=1S/C27H35N6O8P/c1-4-18(5-2)13-38-26(36)17(3)32-42(37,41-19-9-7-6-8-10-19)39-14-21-23(34)24(35)27(15-28,40-21)22-12-11-20-25(29)30-16-31-33(20)22/h6-12,16-18,21,23-24,34-35H,4-5,13-14H2,1-3H3,(H,32,37)(H2,29,30,31)/t17-,21+,23+,24+,27+,42+/m0/s1. The number of rotatable bonds is 13. The zero-order valence-corrected chi connectivity index (χ0v) is 24.4. The number of para-hydroxylation sites is 1. The van der Waals surface area contributed by atoms with Gasteiger partial charge in [0.2, 0.25) is 5.60 Å². The Kier molecular flexibility index (Phi) is 9.83. The summed E-state index contributed by atoms with van der Waals surface area (Å²) in [7, 11) is -4.32. The number of benzene rings is 1. The Balaban J connectivity index is 1.53. The van der Waals surface area contributed by atoms with Crippen molar-refractivity contribution in [3.8, 4) is 11.8 Å². The molecule has 5 N–H and O–H groups in total. The quantitative estimate of drug-likeness (QED) is 0.164. The molecule has 3 aromatic rings. The molecule has 1 aliphatic heterocycles. The number of carbonyl (C=O) groups excluding carboxylic acids is 1. The lowest BCUT2D eigenvalue weighted by Gasteiger charge is -2.25. The summed E-state index contributed by atoms with van der Waals surface area (Å²) < 4.78 is 37.8. The largest absolute Gasteiger partial charge is 0.464 e. The Morgan fingerprint density at radius 2 is 1.98 bits per heavy atom. The maximum atomic E-state index is 13.9. The number of ether oxygens (including phenoxy) is 2. The molecule has 0 unspecified atom stereocenters. The molecule has 0 amide bonds. The van der Waals surface area contributed by atoms with Gasteiger partial charge < -0.3 is 29.9 Å². The fourth-order valence-corrected chi connectivity index (χ4v) is 6.07. The molecule has 0 radical (unpaired) electrons. The summed E-state index contributed by atoms with van der Waals surface area (Å²) >= 11 is 0. The van der Waals surface area contributed by atoms with Crippen LogP contribution in [0.1, 0.15) is 39.3 Å². The van der Waals surface area contributed by atoms with Gasteiger partial charge in [0.15, 0.2) is 5.82 Å². The number of esters is 1. The molecule has 0 aliphatic carbocycles. The number of hydrogen-bond acceptors (Lipinski definition) is 12. The molecule has 2 aromatic heterocycles. The van der Waals surface area contributed by atoms with Crippen LogP contribution in [-0.2, 0) is 29.0 Å². The summed E-state index contributed by atoms with van der Waals surface area (Å²) in [5.41, 5.74) is 4.28. The SMILES string of the molecule is CCC(CC)COC(=O)[C@H](C)N[P@@](=O)(OC[C@H]1O[C@](C#N)(c2ccc3c(N)ncnn23)[C@H](O)[C@@H]1O)Oc1ccccc1. The van der Waals surface area contributed by atoms with Gasteiger partial charge in [-0.25, -0.2) is 14.1 Å². The minimum Gasteiger partial charge on any atom is -0.464 e. The van der Waals surface area contributed by atoms with Gasteiger partial charge in [-0.3, -0.25) is 9.32 Å². The Morgan fingerprint density at radius 1 is 1.26 bits per heavy atom. The maximum absolute atomic E-state index is 13.9. The van der Waals surface area contributed by atoms with E-state index in [2.05, 4.69) is 15.2 Å². The molecule has 3 heterocycles. The van der Waals surface area contributed by atoms with Gasteiger partial charge in [0.25, 0.3) is 0 Å². The van der Waals surface area contributed by atoms with Crippen molar-refractivity contribution >= 4 is 25.1 Å². The molecular formula is C27H35N6O8P. The molecule has 15 heteroatoms. The second kappa shape index (κ2) is 13.2. The highest BCUT2D eigenvalue weighted by Crippen LogP contribution is 2.47. The van der Waals surface area contributed by atoms with E-state index in [4.69, 9.17) is 24.3 Å². The van der Waals surface area contributed by atoms with Gasteiger partial charge in [-0.2, -0.15) is 15.4 Å². The number of nitrogens with zero attached hydrogens (tertiary/aromatic N) is 4. The van der Waals surface area contributed by atoms with E-state index in [9.17, 15) is 24.8 Å². The topological polar surface area (TPSA) is 204 Å². The van der Waals surface area contributed by atoms with Gasteiger partial charge in [-0.05, 0) is 37.1 Å². The van der Waals surface area contributed by atoms with E-state index in [-0.39, 0.29) is 29.8 Å². The number of nitrogens with one attached hydrogen (secondary N) is 1. The lowest BCUT2D eigenvalue weighted by atomic mass is 9.92. The Bertz CT molecular complexity index is 1460. The normalized spacial score (nSPS) is 24.3. The van der Waals surface area contributed by atoms with E-state index in [0.717, 1.165) is 12.8 Å². The van der Waals surface area contributed by atoms with Crippen molar-refractivity contribution in [2.24, 2.45) is 5.92 Å². The highest BCUT2D eigenvalue weighted by Gasteiger charge is 2.58. The third kappa shape index (κ3) is 6.42. The summed E-state index contributed by atoms with van der Waals surface area (Å²) in [6, 6.07) is 12.0. The fourth-order valence-electron chi connectivity index (χ4n) is 4.57. The highest BCUT2D eigenvalue weighted by atomic mass is 31.2. The van der Waals surface area contributed by atoms with Gasteiger partial charge in [0.1, 0.15) is 48.0 Å². The first kappa shape index (κ1) is 31.4. The average Bonchev–Trinajstić information content (AvgIpc) is 3.53. The van der Waals surface area contributed by atoms with Crippen molar-refractivity contribution in [2.45, 2.75) is 63.6 Å². The molecule has 42 heavy (non-hydrogen) atoms. The molecule has 226 valence electrons. The first-order valence-corrected chi connectivity index (χ1v) is 15.1. The summed E-state index contributed by atoms with van der Waals surface area (Å²) in [5, 5.41) is 38.7. The Labute approximate surface area is 242 Å². The number of hydrogen-bond donors (Lipinski definition) is 4. The Morgan fingerprint density at radius 3 is 2.64 bits per heavy atom. The molecule has 14 nitrogen and oxygen atoms in total. The first-order chi connectivity index (χ1) is 20.1. The third-order valence-electron chi connectivity index (χ3n) is 7.19. The Hall–Kier alpha value is -3.57. The van der Waals surface area contributed by atoms with Gasteiger partial charge >= 0.3 is 13.7 Å². The number of aromatic nitrogens is 3. The number of nitrogens with two attached hydrogens (primary N) is 1. The van der Waals surface area contributed by atoms with Crippen LogP contribution < -0.4 is 15.3 Å². The number of fused-ring (bicyclic) bond motifs is 1. The van der Waals surface area contributed by atoms with Crippen LogP contribution in [0.25, 0.3) is 5.52 Å². The van der Waals surface area contributed by atoms with Crippen molar-refractivity contribution < 1.29 is 38.1 Å². The molecule has 0 saturated carbocycles. The van der Waals surface area contributed by atoms with Crippen LogP contribution in [0.2, 0.25) is 0 Å². The number of carbonyl (C=O) groups is 1. The highest BCUT2D eigenvalue weighted by molar-refractivity contribution is 7.52. The zero-order valence-electron chi connectivity index (χ0n) is 23.5. The van der Waals surface area contributed by atoms with Crippen LogP contribution in [0.5, 0.6) is 5.75 Å². The summed E-state index contributed by atoms with van der Waals surface area (Å²) in [6.07, 6.45) is -1.87. The molecular weight excluding hydrogens is 567 g/mol. The number of anilines is 1. The minimum atomic E-state index is -4.32. The first-order valence-electron chi connectivity index (χ1n) is 13.5. The second-order valence-electron chi connectivity index (χ2n) is 9.96. The predicted molar refractivity (Wildman–Crippen MR) is 150 cm³/mol. The monoisotopic (exact) mass is 602 g/mol. The van der Waals surface area contributed by atoms with Gasteiger partial charge in [0.05, 0.1) is 18.9 Å². The molecule has 6 atom stereocenters. The van der Waals surface area contributed by atoms with E-state index in [1.165, 1.54) is 23.8 Å². The number of nitrogen functional groups attached to an aromatic ring is 1. The number of aliphatic hydroxyl groups excluding tert-OH is 2. The molecule has 0 bridgehead atoms. The van der Waals surface area contributed by atoms with E-state index in [1.54, 1.807) is 36.4 Å². The van der Waals surface area contributed by atoms with Crippen molar-refractivity contribution in [3.05, 3.63) is 54.5 Å². The summed E-state index contributed by atoms with van der Waals surface area (Å²) in [5.74, 6) is -0.143. The van der Waals surface area contributed by atoms with Crippen LogP contribution in [0, 0.1) is 17.2 Å². The second-order valence-corrected chi connectivity index (χ2v) is 11.7. The van der Waals surface area contributed by atoms with E-state index in [0.29, 0.717) is 5.52 Å². The predicted octanol–water partition coefficient (Wildman–Crippen LogP) is 2.31. The van der Waals surface area contributed by atoms with Crippen LogP contribution in [-0.4, -0.2) is 68.3 Å². The number of nitriles is 1. The van der Waals surface area contributed by atoms with E-state index in [1.807, 2.05) is 19.9 Å². The smallest absolute Gasteiger partial charge is 0.459 e.